The number of allylic oxidation sites excluding steroid dienone is 1. The van der Waals surface area contributed by atoms with E-state index in [9.17, 15) is 10.1 Å². The Bertz CT molecular complexity index is 277. The van der Waals surface area contributed by atoms with E-state index >= 15 is 0 Å². The number of hydrogen-bond acceptors (Lipinski definition) is 3. The van der Waals surface area contributed by atoms with Crippen LogP contribution in [0.25, 0.3) is 0 Å². The predicted octanol–water partition coefficient (Wildman–Crippen LogP) is 1.21. The first-order valence-electron chi connectivity index (χ1n) is 3.75. The Hall–Kier alpha value is -1.16. The lowest BCUT2D eigenvalue weighted by Gasteiger charge is -2.23. The van der Waals surface area contributed by atoms with Gasteiger partial charge in [0.1, 0.15) is 0 Å². The number of nitrogens with two attached hydrogens (primary N) is 1. The van der Waals surface area contributed by atoms with Crippen molar-refractivity contribution in [2.45, 2.75) is 25.8 Å². The van der Waals surface area contributed by atoms with Crippen LogP contribution in [0.4, 0.5) is 0 Å². The van der Waals surface area contributed by atoms with Gasteiger partial charge in [-0.25, -0.2) is 0 Å². The van der Waals surface area contributed by atoms with Crippen LogP contribution in [0.15, 0.2) is 23.4 Å². The largest absolute Gasteiger partial charge is 0.322 e. The first kappa shape index (κ1) is 8.93. The fourth-order valence-electron chi connectivity index (χ4n) is 1.35. The van der Waals surface area contributed by atoms with Gasteiger partial charge >= 0.3 is 0 Å². The van der Waals surface area contributed by atoms with E-state index in [-0.39, 0.29) is 10.6 Å². The fourth-order valence-corrected chi connectivity index (χ4v) is 1.35. The van der Waals surface area contributed by atoms with Gasteiger partial charge in [0.25, 0.3) is 5.70 Å². The molecule has 0 saturated carbocycles. The third-order valence-electron chi connectivity index (χ3n) is 1.90. The lowest BCUT2D eigenvalue weighted by atomic mass is 9.89. The van der Waals surface area contributed by atoms with Gasteiger partial charge in [-0.1, -0.05) is 6.08 Å². The molecule has 0 aromatic rings. The average molecular weight is 168 g/mol. The molecule has 0 aromatic carbocycles. The van der Waals surface area contributed by atoms with Crippen molar-refractivity contribution in [2.24, 2.45) is 5.73 Å². The minimum Gasteiger partial charge on any atom is -0.322 e. The second kappa shape index (κ2) is 2.71. The molecule has 1 aliphatic rings. The third-order valence-corrected chi connectivity index (χ3v) is 1.90. The van der Waals surface area contributed by atoms with E-state index in [0.717, 1.165) is 5.57 Å². The molecular formula is C8H12N2O2. The van der Waals surface area contributed by atoms with Crippen molar-refractivity contribution >= 4 is 0 Å². The monoisotopic (exact) mass is 168 g/mol. The van der Waals surface area contributed by atoms with Crippen molar-refractivity contribution in [2.75, 3.05) is 0 Å². The van der Waals surface area contributed by atoms with Crippen LogP contribution in [0.1, 0.15) is 20.3 Å². The Morgan fingerprint density at radius 3 is 2.75 bits per heavy atom. The Balaban J connectivity index is 2.95. The van der Waals surface area contributed by atoms with Gasteiger partial charge in [-0.2, -0.15) is 0 Å². The molecule has 4 nitrogen and oxygen atoms in total. The third kappa shape index (κ3) is 1.71. The van der Waals surface area contributed by atoms with Crippen LogP contribution in [0.5, 0.6) is 0 Å². The summed E-state index contributed by atoms with van der Waals surface area (Å²) in [6.07, 6.45) is 3.72. The maximum atomic E-state index is 10.4. The minimum atomic E-state index is -0.427. The lowest BCUT2D eigenvalue weighted by Crippen LogP contribution is -2.35. The Morgan fingerprint density at radius 2 is 2.33 bits per heavy atom. The van der Waals surface area contributed by atoms with Crippen LogP contribution < -0.4 is 5.73 Å². The quantitative estimate of drug-likeness (QED) is 0.472. The average Bonchev–Trinajstić information content (AvgIpc) is 1.83. The summed E-state index contributed by atoms with van der Waals surface area (Å²) in [5.41, 5.74) is 6.28. The highest BCUT2D eigenvalue weighted by molar-refractivity contribution is 5.28. The molecule has 66 valence electrons. The van der Waals surface area contributed by atoms with Gasteiger partial charge in [-0.3, -0.25) is 10.1 Å². The molecule has 1 unspecified atom stereocenters. The Labute approximate surface area is 70.9 Å². The molecule has 0 heterocycles. The van der Waals surface area contributed by atoms with Crippen molar-refractivity contribution in [1.29, 1.82) is 0 Å². The van der Waals surface area contributed by atoms with Crippen LogP contribution in [-0.4, -0.2) is 10.5 Å². The SMILES string of the molecule is CC1=C([N+](=O)[O-])C=CC(C)(N)C1. The van der Waals surface area contributed by atoms with Crippen molar-refractivity contribution in [3.8, 4) is 0 Å². The van der Waals surface area contributed by atoms with E-state index in [2.05, 4.69) is 0 Å². The summed E-state index contributed by atoms with van der Waals surface area (Å²) >= 11 is 0. The van der Waals surface area contributed by atoms with E-state index in [1.165, 1.54) is 6.08 Å². The highest BCUT2D eigenvalue weighted by Crippen LogP contribution is 2.24. The van der Waals surface area contributed by atoms with Gasteiger partial charge in [-0.15, -0.1) is 0 Å². The van der Waals surface area contributed by atoms with E-state index in [4.69, 9.17) is 5.73 Å². The smallest absolute Gasteiger partial charge is 0.268 e. The zero-order chi connectivity index (χ0) is 9.35. The summed E-state index contributed by atoms with van der Waals surface area (Å²) in [4.78, 5) is 10.1. The van der Waals surface area contributed by atoms with Crippen LogP contribution >= 0.6 is 0 Å². The first-order chi connectivity index (χ1) is 5.42. The second-order valence-corrected chi connectivity index (χ2v) is 3.44. The number of hydrogen-bond donors (Lipinski definition) is 1. The maximum absolute atomic E-state index is 10.4. The molecular weight excluding hydrogens is 156 g/mol. The molecule has 0 spiro atoms. The van der Waals surface area contributed by atoms with E-state index in [0.29, 0.717) is 6.42 Å². The van der Waals surface area contributed by atoms with Gasteiger partial charge in [0.15, 0.2) is 0 Å². The van der Waals surface area contributed by atoms with Gasteiger partial charge < -0.3 is 5.73 Å². The standard InChI is InChI=1S/C8H12N2O2/c1-6-5-8(2,9)4-3-7(6)10(11)12/h3-4H,5,9H2,1-2H3. The summed E-state index contributed by atoms with van der Waals surface area (Å²) < 4.78 is 0. The van der Waals surface area contributed by atoms with Crippen molar-refractivity contribution in [3.63, 3.8) is 0 Å². The van der Waals surface area contributed by atoms with Crippen LogP contribution in [-0.2, 0) is 0 Å². The predicted molar refractivity (Wildman–Crippen MR) is 46.0 cm³/mol. The van der Waals surface area contributed by atoms with Crippen molar-refractivity contribution < 1.29 is 4.92 Å². The molecule has 0 aliphatic heterocycles. The molecule has 0 aromatic heterocycles. The molecule has 2 N–H and O–H groups in total. The summed E-state index contributed by atoms with van der Waals surface area (Å²) in [5, 5.41) is 10.4. The molecule has 0 fully saturated rings. The number of rotatable bonds is 1. The van der Waals surface area contributed by atoms with Crippen LogP contribution in [0.2, 0.25) is 0 Å². The zero-order valence-corrected chi connectivity index (χ0v) is 7.20. The molecule has 0 saturated heterocycles. The molecule has 1 atom stereocenters. The molecule has 0 bridgehead atoms. The topological polar surface area (TPSA) is 69.2 Å². The summed E-state index contributed by atoms with van der Waals surface area (Å²) in [7, 11) is 0. The lowest BCUT2D eigenvalue weighted by molar-refractivity contribution is -0.420. The first-order valence-corrected chi connectivity index (χ1v) is 3.75. The van der Waals surface area contributed by atoms with E-state index in [1.807, 2.05) is 6.92 Å². The van der Waals surface area contributed by atoms with Crippen molar-refractivity contribution in [1.82, 2.24) is 0 Å². The van der Waals surface area contributed by atoms with E-state index in [1.54, 1.807) is 13.0 Å². The highest BCUT2D eigenvalue weighted by atomic mass is 16.6. The Kier molecular flexibility index (Phi) is 2.02. The number of nitrogens with zero attached hydrogens (tertiary/aromatic N) is 1. The normalized spacial score (nSPS) is 29.2. The maximum Gasteiger partial charge on any atom is 0.268 e. The molecule has 12 heavy (non-hydrogen) atoms. The molecule has 4 heteroatoms. The molecule has 0 radical (unpaired) electrons. The Morgan fingerprint density at radius 1 is 1.75 bits per heavy atom. The second-order valence-electron chi connectivity index (χ2n) is 3.44. The molecule has 0 amide bonds. The van der Waals surface area contributed by atoms with Crippen LogP contribution in [0.3, 0.4) is 0 Å². The van der Waals surface area contributed by atoms with Gasteiger partial charge in [0, 0.05) is 17.2 Å². The highest BCUT2D eigenvalue weighted by Gasteiger charge is 2.25. The van der Waals surface area contributed by atoms with Gasteiger partial charge in [0.05, 0.1) is 4.92 Å². The minimum absolute atomic E-state index is 0.179. The van der Waals surface area contributed by atoms with E-state index < -0.39 is 5.54 Å². The summed E-state index contributed by atoms with van der Waals surface area (Å²) in [6.45, 7) is 3.59. The summed E-state index contributed by atoms with van der Waals surface area (Å²) in [6, 6.07) is 0. The van der Waals surface area contributed by atoms with Gasteiger partial charge in [-0.05, 0) is 20.3 Å². The summed E-state index contributed by atoms with van der Waals surface area (Å²) in [5.74, 6) is 0. The molecule has 1 rings (SSSR count). The van der Waals surface area contributed by atoms with Crippen molar-refractivity contribution in [3.05, 3.63) is 33.5 Å². The number of nitro groups is 1. The zero-order valence-electron chi connectivity index (χ0n) is 7.20. The fraction of sp³-hybridized carbons (Fsp3) is 0.500. The molecule has 1 aliphatic carbocycles. The van der Waals surface area contributed by atoms with Gasteiger partial charge in [0.2, 0.25) is 0 Å². The van der Waals surface area contributed by atoms with Crippen LogP contribution in [0, 0.1) is 10.1 Å².